The summed E-state index contributed by atoms with van der Waals surface area (Å²) in [6.07, 6.45) is 1.86. The molecule has 0 radical (unpaired) electrons. The van der Waals surface area contributed by atoms with E-state index in [-0.39, 0.29) is 17.6 Å². The minimum absolute atomic E-state index is 0.00526. The van der Waals surface area contributed by atoms with Crippen LogP contribution in [0.25, 0.3) is 0 Å². The van der Waals surface area contributed by atoms with E-state index in [0.717, 1.165) is 17.7 Å². The van der Waals surface area contributed by atoms with Crippen molar-refractivity contribution in [2.24, 2.45) is 0 Å². The van der Waals surface area contributed by atoms with Crippen molar-refractivity contribution in [2.75, 3.05) is 25.0 Å². The normalized spacial score (nSPS) is 22.2. The number of nitrogens with zero attached hydrogens (tertiary/aromatic N) is 1. The summed E-state index contributed by atoms with van der Waals surface area (Å²) in [7, 11) is 0. The summed E-state index contributed by atoms with van der Waals surface area (Å²) >= 11 is 0. The van der Waals surface area contributed by atoms with E-state index in [0.29, 0.717) is 24.4 Å². The molecule has 0 aliphatic carbocycles. The molecule has 0 aromatic heterocycles. The molecule has 0 saturated carbocycles. The van der Waals surface area contributed by atoms with E-state index in [1.54, 1.807) is 55.5 Å². The van der Waals surface area contributed by atoms with E-state index in [1.165, 1.54) is 0 Å². The van der Waals surface area contributed by atoms with Crippen LogP contribution < -0.4 is 16.0 Å². The van der Waals surface area contributed by atoms with E-state index in [2.05, 4.69) is 16.0 Å². The molecule has 2 unspecified atom stereocenters. The van der Waals surface area contributed by atoms with Gasteiger partial charge in [-0.2, -0.15) is 0 Å². The number of nitrogens with one attached hydrogen (secondary N) is 3. The number of benzene rings is 2. The first kappa shape index (κ1) is 22.5. The van der Waals surface area contributed by atoms with Crippen LogP contribution in [0.15, 0.2) is 54.6 Å². The van der Waals surface area contributed by atoms with Crippen molar-refractivity contribution in [1.29, 1.82) is 0 Å². The lowest BCUT2D eigenvalue weighted by Crippen LogP contribution is -2.42. The largest absolute Gasteiger partial charge is 0.376 e. The van der Waals surface area contributed by atoms with Crippen LogP contribution in [0, 0.1) is 0 Å². The van der Waals surface area contributed by atoms with Gasteiger partial charge in [-0.15, -0.1) is 0 Å². The fourth-order valence-corrected chi connectivity index (χ4v) is 4.04. The van der Waals surface area contributed by atoms with E-state index in [9.17, 15) is 19.2 Å². The highest BCUT2D eigenvalue weighted by Crippen LogP contribution is 2.28. The third-order valence-electron chi connectivity index (χ3n) is 5.89. The Hall–Kier alpha value is -3.72. The minimum Gasteiger partial charge on any atom is -0.376 e. The van der Waals surface area contributed by atoms with Crippen molar-refractivity contribution in [3.05, 3.63) is 65.7 Å². The zero-order chi connectivity index (χ0) is 23.4. The Morgan fingerprint density at radius 2 is 1.85 bits per heavy atom. The van der Waals surface area contributed by atoms with Gasteiger partial charge in [0.25, 0.3) is 11.8 Å². The van der Waals surface area contributed by atoms with Crippen molar-refractivity contribution < 1.29 is 23.9 Å². The number of carbonyl (C=O) groups is 4. The molecule has 2 heterocycles. The minimum atomic E-state index is -1.25. The summed E-state index contributed by atoms with van der Waals surface area (Å²) in [4.78, 5) is 51.7. The molecular weight excluding hydrogens is 424 g/mol. The van der Waals surface area contributed by atoms with Crippen LogP contribution in [0.5, 0.6) is 0 Å². The lowest BCUT2D eigenvalue weighted by molar-refractivity contribution is -0.133. The van der Waals surface area contributed by atoms with Gasteiger partial charge in [0.05, 0.1) is 17.4 Å². The number of hydrogen-bond acceptors (Lipinski definition) is 5. The highest BCUT2D eigenvalue weighted by atomic mass is 16.5. The Kier molecular flexibility index (Phi) is 6.41. The Balaban J connectivity index is 1.41. The zero-order valence-corrected chi connectivity index (χ0v) is 18.3. The fraction of sp³-hybridized carbons (Fsp3) is 0.333. The summed E-state index contributed by atoms with van der Waals surface area (Å²) in [6, 6.07) is 14.8. The number of anilines is 1. The summed E-state index contributed by atoms with van der Waals surface area (Å²) in [5, 5.41) is 8.15. The Morgan fingerprint density at radius 1 is 1.12 bits per heavy atom. The summed E-state index contributed by atoms with van der Waals surface area (Å²) in [6.45, 7) is 2.22. The highest BCUT2D eigenvalue weighted by molar-refractivity contribution is 6.11. The standard InChI is InChI=1S/C24H26N4O5/c1-24(16-8-3-2-4-9-16)22(31)28(23(32)27-24)15-20(29)26-19-12-6-5-11-18(19)21(30)25-14-17-10-7-13-33-17/h2-6,8-9,11-12,17H,7,10,13-15H2,1H3,(H,25,30)(H,26,29)(H,27,32). The number of carbonyl (C=O) groups excluding carboxylic acids is 4. The fourth-order valence-electron chi connectivity index (χ4n) is 4.04. The van der Waals surface area contributed by atoms with Gasteiger partial charge in [-0.3, -0.25) is 19.3 Å². The van der Waals surface area contributed by atoms with Gasteiger partial charge in [0.2, 0.25) is 5.91 Å². The Labute approximate surface area is 191 Å². The number of hydrogen-bond donors (Lipinski definition) is 3. The first-order valence-corrected chi connectivity index (χ1v) is 10.9. The van der Waals surface area contributed by atoms with E-state index in [4.69, 9.17) is 4.74 Å². The van der Waals surface area contributed by atoms with Crippen molar-refractivity contribution in [3.63, 3.8) is 0 Å². The SMILES string of the molecule is CC1(c2ccccc2)NC(=O)N(CC(=O)Nc2ccccc2C(=O)NCC2CCCO2)C1=O. The first-order valence-electron chi connectivity index (χ1n) is 10.9. The molecule has 2 aromatic carbocycles. The number of ether oxygens (including phenoxy) is 1. The molecule has 2 aliphatic heterocycles. The van der Waals surface area contributed by atoms with Crippen molar-refractivity contribution in [2.45, 2.75) is 31.4 Å². The lowest BCUT2D eigenvalue weighted by Gasteiger charge is -2.22. The average molecular weight is 450 g/mol. The van der Waals surface area contributed by atoms with Crippen LogP contribution in [-0.4, -0.2) is 54.5 Å². The zero-order valence-electron chi connectivity index (χ0n) is 18.3. The lowest BCUT2D eigenvalue weighted by atomic mass is 9.92. The van der Waals surface area contributed by atoms with Crippen LogP contribution in [-0.2, 0) is 19.9 Å². The smallest absolute Gasteiger partial charge is 0.325 e. The van der Waals surface area contributed by atoms with Gasteiger partial charge < -0.3 is 20.7 Å². The molecule has 9 nitrogen and oxygen atoms in total. The predicted octanol–water partition coefficient (Wildman–Crippen LogP) is 2.00. The maximum Gasteiger partial charge on any atom is 0.325 e. The van der Waals surface area contributed by atoms with Crippen LogP contribution in [0.4, 0.5) is 10.5 Å². The molecular formula is C24H26N4O5. The molecule has 5 amide bonds. The molecule has 2 atom stereocenters. The summed E-state index contributed by atoms with van der Waals surface area (Å²) in [5.74, 6) is -1.44. The number of imide groups is 1. The van der Waals surface area contributed by atoms with Crippen molar-refractivity contribution in [1.82, 2.24) is 15.5 Å². The third-order valence-corrected chi connectivity index (χ3v) is 5.89. The topological polar surface area (TPSA) is 117 Å². The second-order valence-electron chi connectivity index (χ2n) is 8.25. The summed E-state index contributed by atoms with van der Waals surface area (Å²) < 4.78 is 5.52. The number of urea groups is 1. The average Bonchev–Trinajstić information content (AvgIpc) is 3.41. The molecule has 2 fully saturated rings. The van der Waals surface area contributed by atoms with Gasteiger partial charge in [-0.25, -0.2) is 4.79 Å². The van der Waals surface area contributed by atoms with Crippen LogP contribution in [0.1, 0.15) is 35.7 Å². The first-order chi connectivity index (χ1) is 15.9. The maximum atomic E-state index is 13.0. The molecule has 33 heavy (non-hydrogen) atoms. The van der Waals surface area contributed by atoms with Crippen LogP contribution >= 0.6 is 0 Å². The molecule has 2 aromatic rings. The van der Waals surface area contributed by atoms with Crippen molar-refractivity contribution >= 4 is 29.4 Å². The molecule has 172 valence electrons. The molecule has 0 spiro atoms. The molecule has 0 bridgehead atoms. The summed E-state index contributed by atoms with van der Waals surface area (Å²) in [5.41, 5.74) is -0.0430. The number of rotatable bonds is 7. The van der Waals surface area contributed by atoms with E-state index in [1.807, 2.05) is 6.07 Å². The van der Waals surface area contributed by atoms with E-state index < -0.39 is 29.9 Å². The molecule has 4 rings (SSSR count). The van der Waals surface area contributed by atoms with Crippen molar-refractivity contribution in [3.8, 4) is 0 Å². The number of amides is 5. The van der Waals surface area contributed by atoms with Gasteiger partial charge in [-0.1, -0.05) is 42.5 Å². The quantitative estimate of drug-likeness (QED) is 0.558. The van der Waals surface area contributed by atoms with Gasteiger partial charge in [-0.05, 0) is 37.5 Å². The van der Waals surface area contributed by atoms with Gasteiger partial charge in [0.1, 0.15) is 12.1 Å². The van der Waals surface area contributed by atoms with Gasteiger partial charge in [0.15, 0.2) is 0 Å². The van der Waals surface area contributed by atoms with E-state index >= 15 is 0 Å². The third kappa shape index (κ3) is 4.73. The Bertz CT molecular complexity index is 1070. The van der Waals surface area contributed by atoms with Crippen LogP contribution in [0.3, 0.4) is 0 Å². The Morgan fingerprint density at radius 3 is 2.58 bits per heavy atom. The molecule has 2 saturated heterocycles. The second-order valence-corrected chi connectivity index (χ2v) is 8.25. The number of para-hydroxylation sites is 1. The predicted molar refractivity (Wildman–Crippen MR) is 120 cm³/mol. The van der Waals surface area contributed by atoms with Gasteiger partial charge >= 0.3 is 6.03 Å². The molecule has 9 heteroatoms. The molecule has 2 aliphatic rings. The van der Waals surface area contributed by atoms with Gasteiger partial charge in [0, 0.05) is 13.2 Å². The van der Waals surface area contributed by atoms with Crippen LogP contribution in [0.2, 0.25) is 0 Å². The molecule has 3 N–H and O–H groups in total. The monoisotopic (exact) mass is 450 g/mol. The highest BCUT2D eigenvalue weighted by Gasteiger charge is 2.49. The second kappa shape index (κ2) is 9.41. The maximum absolute atomic E-state index is 13.0.